The van der Waals surface area contributed by atoms with Gasteiger partial charge in [-0.25, -0.2) is 4.79 Å². The molecular weight excluding hydrogens is 562 g/mol. The number of carbonyl (C=O) groups is 3. The summed E-state index contributed by atoms with van der Waals surface area (Å²) in [4.78, 5) is 36.6. The van der Waals surface area contributed by atoms with Crippen molar-refractivity contribution >= 4 is 29.5 Å². The number of nitrogens with two attached hydrogens (primary N) is 1. The molecule has 0 aliphatic carbocycles. The first-order valence-corrected chi connectivity index (χ1v) is 14.2. The number of aliphatic hydroxyl groups is 1. The van der Waals surface area contributed by atoms with E-state index in [9.17, 15) is 19.5 Å². The minimum atomic E-state index is -1.07. The maximum atomic E-state index is 12.9. The van der Waals surface area contributed by atoms with Crippen molar-refractivity contribution in [3.8, 4) is 0 Å². The van der Waals surface area contributed by atoms with Crippen molar-refractivity contribution in [2.75, 3.05) is 7.11 Å². The van der Waals surface area contributed by atoms with Crippen molar-refractivity contribution in [1.29, 1.82) is 0 Å². The third kappa shape index (κ3) is 14.5. The van der Waals surface area contributed by atoms with Crippen molar-refractivity contribution in [3.05, 3.63) is 71.2 Å². The van der Waals surface area contributed by atoms with Crippen LogP contribution in [0.25, 0.3) is 0 Å². The van der Waals surface area contributed by atoms with Crippen molar-refractivity contribution in [2.45, 2.75) is 85.3 Å². The molecule has 0 bridgehead atoms. The van der Waals surface area contributed by atoms with Crippen LogP contribution in [0, 0.1) is 11.3 Å². The van der Waals surface area contributed by atoms with Crippen LogP contribution >= 0.6 is 11.6 Å². The molecule has 0 saturated carbocycles. The lowest BCUT2D eigenvalue weighted by molar-refractivity contribution is -0.150. The molecule has 0 radical (unpaired) electrons. The van der Waals surface area contributed by atoms with Crippen LogP contribution in [-0.4, -0.2) is 54.7 Å². The third-order valence-corrected chi connectivity index (χ3v) is 6.42. The molecule has 0 fully saturated rings. The van der Waals surface area contributed by atoms with E-state index in [1.54, 1.807) is 31.2 Å². The lowest BCUT2D eigenvalue weighted by Gasteiger charge is -2.29. The number of allylic oxidation sites excluding steroid dienone is 5. The van der Waals surface area contributed by atoms with Crippen LogP contribution < -0.4 is 16.4 Å². The van der Waals surface area contributed by atoms with Gasteiger partial charge in [-0.05, 0) is 38.0 Å². The molecular formula is C31H46ClN3O7. The Bertz CT molecular complexity index is 1100. The standard InChI is InChI=1S/C31H46ClN3O7/c1-20(19-21(2)24-16-17-25(40-7)29(38)42-24)11-8-9-13-26(36)35-27(31(4,5)6)28(37)34-18-10-12-23(41-30(33)39)15-14-22(3)32/h8-11,13-14,17-19,21,23-24,27,29,38H,12,15-16H2,1-7H3,(H2,33,39)(H,34,37)(H,35,36)/b11-8-,13-9-,18-10-,20-19+,22-14+/t21-,23+,24-,27+,29+/m0/s1. The lowest BCUT2D eigenvalue weighted by Crippen LogP contribution is -2.52. The lowest BCUT2D eigenvalue weighted by atomic mass is 9.86. The van der Waals surface area contributed by atoms with Crippen LogP contribution in [0.2, 0.25) is 0 Å². The molecule has 0 spiro atoms. The van der Waals surface area contributed by atoms with Gasteiger partial charge in [-0.15, -0.1) is 0 Å². The minimum absolute atomic E-state index is 0.0413. The molecule has 234 valence electrons. The molecule has 1 rings (SSSR count). The van der Waals surface area contributed by atoms with Crippen LogP contribution in [0.15, 0.2) is 71.2 Å². The molecule has 11 heteroatoms. The summed E-state index contributed by atoms with van der Waals surface area (Å²) >= 11 is 5.84. The average Bonchev–Trinajstić information content (AvgIpc) is 2.89. The summed E-state index contributed by atoms with van der Waals surface area (Å²) in [6, 6.07) is -0.816. The van der Waals surface area contributed by atoms with Crippen molar-refractivity contribution < 1.29 is 33.7 Å². The van der Waals surface area contributed by atoms with Crippen molar-refractivity contribution in [1.82, 2.24) is 10.6 Å². The SMILES string of the molecule is COC1=CC[C@@H]([C@@H](C)/C=C(C)/C=C\C=C/C(=O)N[C@H](C(=O)N/C=C\C[C@H](C/C=C(\C)Cl)OC(N)=O)C(C)(C)C)O[C@H]1O. The average molecular weight is 608 g/mol. The summed E-state index contributed by atoms with van der Waals surface area (Å²) in [5.41, 5.74) is 5.52. The Balaban J connectivity index is 2.70. The maximum absolute atomic E-state index is 12.9. The Morgan fingerprint density at radius 1 is 1.21 bits per heavy atom. The van der Waals surface area contributed by atoms with E-state index >= 15 is 0 Å². The summed E-state index contributed by atoms with van der Waals surface area (Å²) in [7, 11) is 1.49. The summed E-state index contributed by atoms with van der Waals surface area (Å²) < 4.78 is 15.8. The number of nitrogens with one attached hydrogen (secondary N) is 2. The van der Waals surface area contributed by atoms with Gasteiger partial charge >= 0.3 is 6.09 Å². The largest absolute Gasteiger partial charge is 0.496 e. The number of carbonyl (C=O) groups excluding carboxylic acids is 3. The van der Waals surface area contributed by atoms with Gasteiger partial charge in [0.05, 0.1) is 13.2 Å². The van der Waals surface area contributed by atoms with E-state index in [4.69, 9.17) is 31.5 Å². The number of hydrogen-bond donors (Lipinski definition) is 4. The van der Waals surface area contributed by atoms with E-state index < -0.39 is 41.8 Å². The Kier molecular flexibility index (Phi) is 15.9. The van der Waals surface area contributed by atoms with E-state index in [-0.39, 0.29) is 12.0 Å². The van der Waals surface area contributed by atoms with Crippen LogP contribution in [0.5, 0.6) is 0 Å². The second-order valence-corrected chi connectivity index (χ2v) is 11.7. The van der Waals surface area contributed by atoms with E-state index in [1.807, 2.05) is 52.8 Å². The molecule has 1 aliphatic rings. The number of primary amides is 1. The monoisotopic (exact) mass is 607 g/mol. The third-order valence-electron chi connectivity index (χ3n) is 6.27. The molecule has 5 atom stereocenters. The highest BCUT2D eigenvalue weighted by atomic mass is 35.5. The normalized spacial score (nSPS) is 20.7. The maximum Gasteiger partial charge on any atom is 0.404 e. The summed E-state index contributed by atoms with van der Waals surface area (Å²) in [6.45, 7) is 11.2. The van der Waals surface area contributed by atoms with Crippen molar-refractivity contribution in [3.63, 3.8) is 0 Å². The van der Waals surface area contributed by atoms with Gasteiger partial charge in [0.25, 0.3) is 0 Å². The van der Waals surface area contributed by atoms with E-state index in [0.717, 1.165) is 5.57 Å². The summed E-state index contributed by atoms with van der Waals surface area (Å²) in [5, 5.41) is 16.0. The fourth-order valence-corrected chi connectivity index (χ4v) is 4.12. The number of hydrogen-bond acceptors (Lipinski definition) is 7. The fourth-order valence-electron chi connectivity index (χ4n) is 4.03. The molecule has 3 amide bonds. The number of halogens is 1. The number of rotatable bonds is 14. The number of ether oxygens (including phenoxy) is 3. The quantitative estimate of drug-likeness (QED) is 0.163. The van der Waals surface area contributed by atoms with Gasteiger partial charge in [0.1, 0.15) is 17.9 Å². The topological polar surface area (TPSA) is 149 Å². The molecule has 0 unspecified atom stereocenters. The van der Waals surface area contributed by atoms with Gasteiger partial charge in [0.15, 0.2) is 0 Å². The van der Waals surface area contributed by atoms with Crippen LogP contribution in [0.3, 0.4) is 0 Å². The minimum Gasteiger partial charge on any atom is -0.496 e. The number of amides is 3. The molecule has 1 aliphatic heterocycles. The number of methoxy groups -OCH3 is 1. The second-order valence-electron chi connectivity index (χ2n) is 11.1. The molecule has 10 nitrogen and oxygen atoms in total. The van der Waals surface area contributed by atoms with E-state index in [2.05, 4.69) is 10.6 Å². The first-order valence-electron chi connectivity index (χ1n) is 13.8. The molecule has 42 heavy (non-hydrogen) atoms. The molecule has 5 N–H and O–H groups in total. The van der Waals surface area contributed by atoms with Gasteiger partial charge in [0, 0.05) is 29.9 Å². The van der Waals surface area contributed by atoms with Gasteiger partial charge in [-0.1, -0.05) is 81.3 Å². The molecule has 0 saturated heterocycles. The van der Waals surface area contributed by atoms with Gasteiger partial charge in [-0.2, -0.15) is 0 Å². The second kappa shape index (κ2) is 18.3. The molecule has 0 aromatic rings. The predicted molar refractivity (Wildman–Crippen MR) is 164 cm³/mol. The van der Waals surface area contributed by atoms with Crippen LogP contribution in [0.1, 0.15) is 60.8 Å². The van der Waals surface area contributed by atoms with E-state index in [0.29, 0.717) is 30.1 Å². The van der Waals surface area contributed by atoms with Crippen LogP contribution in [0.4, 0.5) is 4.79 Å². The zero-order chi connectivity index (χ0) is 31.9. The van der Waals surface area contributed by atoms with Gasteiger partial charge in [-0.3, -0.25) is 9.59 Å². The summed E-state index contributed by atoms with van der Waals surface area (Å²) in [6.07, 6.45) is 13.8. The Hall–Kier alpha value is -3.34. The summed E-state index contributed by atoms with van der Waals surface area (Å²) in [5.74, 6) is -0.357. The predicted octanol–water partition coefficient (Wildman–Crippen LogP) is 4.87. The Morgan fingerprint density at radius 3 is 2.45 bits per heavy atom. The smallest absolute Gasteiger partial charge is 0.404 e. The van der Waals surface area contributed by atoms with Gasteiger partial charge < -0.3 is 35.7 Å². The number of aliphatic hydroxyl groups excluding tert-OH is 1. The first kappa shape index (κ1) is 36.7. The highest BCUT2D eigenvalue weighted by molar-refractivity contribution is 6.29. The highest BCUT2D eigenvalue weighted by Gasteiger charge is 2.32. The first-order chi connectivity index (χ1) is 19.6. The van der Waals surface area contributed by atoms with Gasteiger partial charge in [0.2, 0.25) is 18.1 Å². The molecule has 1 heterocycles. The molecule has 0 aromatic carbocycles. The van der Waals surface area contributed by atoms with Crippen LogP contribution in [-0.2, 0) is 23.8 Å². The zero-order valence-electron chi connectivity index (χ0n) is 25.6. The highest BCUT2D eigenvalue weighted by Crippen LogP contribution is 2.25. The fraction of sp³-hybridized carbons (Fsp3) is 0.516. The molecule has 0 aromatic heterocycles. The van der Waals surface area contributed by atoms with E-state index in [1.165, 1.54) is 19.4 Å². The Morgan fingerprint density at radius 2 is 1.88 bits per heavy atom. The van der Waals surface area contributed by atoms with Crippen molar-refractivity contribution in [2.24, 2.45) is 17.1 Å². The Labute approximate surface area is 254 Å². The zero-order valence-corrected chi connectivity index (χ0v) is 26.3.